The van der Waals surface area contributed by atoms with Crippen molar-refractivity contribution in [3.63, 3.8) is 0 Å². The minimum absolute atomic E-state index is 0.852. The Labute approximate surface area is 144 Å². The Morgan fingerprint density at radius 3 is 2.58 bits per heavy atom. The summed E-state index contributed by atoms with van der Waals surface area (Å²) in [6, 6.07) is 6.17. The van der Waals surface area contributed by atoms with Gasteiger partial charge in [0.05, 0.1) is 0 Å². The standard InChI is InChI=1S/C18H26N6/c1-15-13-17(22(2)3)21-18(20-15)24-11-9-23(10-12-24)8-6-16-5-4-7-19-14-16/h4-5,7,13-14H,6,8-12H2,1-3H3. The first-order chi connectivity index (χ1) is 11.6. The van der Waals surface area contributed by atoms with Crippen molar-refractivity contribution in [1.82, 2.24) is 19.9 Å². The van der Waals surface area contributed by atoms with Gasteiger partial charge in [0, 0.05) is 71.0 Å². The molecule has 0 amide bonds. The maximum atomic E-state index is 4.69. The van der Waals surface area contributed by atoms with Crippen LogP contribution in [-0.4, -0.2) is 66.7 Å². The lowest BCUT2D eigenvalue weighted by molar-refractivity contribution is 0.259. The number of anilines is 2. The van der Waals surface area contributed by atoms with E-state index in [1.54, 1.807) is 0 Å². The third-order valence-electron chi connectivity index (χ3n) is 4.38. The molecule has 1 aliphatic heterocycles. The van der Waals surface area contributed by atoms with Crippen molar-refractivity contribution in [3.8, 4) is 0 Å². The predicted molar refractivity (Wildman–Crippen MR) is 97.7 cm³/mol. The van der Waals surface area contributed by atoms with E-state index >= 15 is 0 Å². The number of nitrogens with zero attached hydrogens (tertiary/aromatic N) is 6. The fourth-order valence-electron chi connectivity index (χ4n) is 2.91. The molecule has 0 aromatic carbocycles. The molecule has 3 heterocycles. The van der Waals surface area contributed by atoms with Crippen LogP contribution in [0.15, 0.2) is 30.6 Å². The third-order valence-corrected chi connectivity index (χ3v) is 4.38. The zero-order valence-corrected chi connectivity index (χ0v) is 14.8. The van der Waals surface area contributed by atoms with Gasteiger partial charge >= 0.3 is 0 Å². The van der Waals surface area contributed by atoms with Crippen LogP contribution >= 0.6 is 0 Å². The van der Waals surface area contributed by atoms with Crippen LogP contribution < -0.4 is 9.80 Å². The number of hydrogen-bond acceptors (Lipinski definition) is 6. The van der Waals surface area contributed by atoms with Gasteiger partial charge in [-0.15, -0.1) is 0 Å². The summed E-state index contributed by atoms with van der Waals surface area (Å²) in [6.07, 6.45) is 4.84. The van der Waals surface area contributed by atoms with Gasteiger partial charge < -0.3 is 9.80 Å². The first kappa shape index (κ1) is 16.6. The molecule has 24 heavy (non-hydrogen) atoms. The number of rotatable bonds is 5. The normalized spacial score (nSPS) is 15.5. The first-order valence-electron chi connectivity index (χ1n) is 8.51. The van der Waals surface area contributed by atoms with Crippen LogP contribution in [0.3, 0.4) is 0 Å². The van der Waals surface area contributed by atoms with E-state index in [9.17, 15) is 0 Å². The Kier molecular flexibility index (Phi) is 5.25. The van der Waals surface area contributed by atoms with E-state index in [0.29, 0.717) is 0 Å². The van der Waals surface area contributed by atoms with Gasteiger partial charge in [-0.25, -0.2) is 4.98 Å². The summed E-state index contributed by atoms with van der Waals surface area (Å²) in [4.78, 5) is 20.3. The van der Waals surface area contributed by atoms with Crippen molar-refractivity contribution >= 4 is 11.8 Å². The maximum absolute atomic E-state index is 4.69. The molecule has 0 atom stereocenters. The molecule has 2 aromatic rings. The Morgan fingerprint density at radius 2 is 1.92 bits per heavy atom. The molecule has 0 saturated carbocycles. The number of piperazine rings is 1. The number of pyridine rings is 1. The van der Waals surface area contributed by atoms with E-state index in [4.69, 9.17) is 0 Å². The predicted octanol–water partition coefficient (Wildman–Crippen LogP) is 1.61. The smallest absolute Gasteiger partial charge is 0.227 e. The zero-order valence-electron chi connectivity index (χ0n) is 14.8. The summed E-state index contributed by atoms with van der Waals surface area (Å²) in [5.41, 5.74) is 2.32. The summed E-state index contributed by atoms with van der Waals surface area (Å²) in [5.74, 6) is 1.82. The Hall–Kier alpha value is -2.21. The fraction of sp³-hybridized carbons (Fsp3) is 0.500. The average molecular weight is 326 g/mol. The molecule has 0 spiro atoms. The molecular formula is C18H26N6. The van der Waals surface area contributed by atoms with E-state index in [1.807, 2.05) is 50.4 Å². The molecule has 0 bridgehead atoms. The first-order valence-corrected chi connectivity index (χ1v) is 8.51. The van der Waals surface area contributed by atoms with Crippen molar-refractivity contribution in [1.29, 1.82) is 0 Å². The molecule has 0 N–H and O–H groups in total. The van der Waals surface area contributed by atoms with Crippen LogP contribution in [0.4, 0.5) is 11.8 Å². The van der Waals surface area contributed by atoms with Crippen molar-refractivity contribution < 1.29 is 0 Å². The van der Waals surface area contributed by atoms with Gasteiger partial charge in [0.2, 0.25) is 5.95 Å². The van der Waals surface area contributed by atoms with E-state index in [0.717, 1.165) is 56.6 Å². The van der Waals surface area contributed by atoms with E-state index < -0.39 is 0 Å². The van der Waals surface area contributed by atoms with Crippen LogP contribution in [0.5, 0.6) is 0 Å². The molecule has 128 valence electrons. The highest BCUT2D eigenvalue weighted by molar-refractivity contribution is 5.45. The molecule has 6 nitrogen and oxygen atoms in total. The molecular weight excluding hydrogens is 300 g/mol. The quantitative estimate of drug-likeness (QED) is 0.832. The van der Waals surface area contributed by atoms with Gasteiger partial charge in [-0.05, 0) is 25.0 Å². The van der Waals surface area contributed by atoms with Crippen molar-refractivity contribution in [2.24, 2.45) is 0 Å². The number of aromatic nitrogens is 3. The zero-order chi connectivity index (χ0) is 16.9. The Bertz CT molecular complexity index is 650. The van der Waals surface area contributed by atoms with Crippen molar-refractivity contribution in [2.45, 2.75) is 13.3 Å². The van der Waals surface area contributed by atoms with Crippen LogP contribution in [0, 0.1) is 6.92 Å². The second kappa shape index (κ2) is 7.57. The SMILES string of the molecule is Cc1cc(N(C)C)nc(N2CCN(CCc3cccnc3)CC2)n1. The summed E-state index contributed by atoms with van der Waals surface area (Å²) < 4.78 is 0. The molecule has 0 aliphatic carbocycles. The second-order valence-electron chi connectivity index (χ2n) is 6.50. The highest BCUT2D eigenvalue weighted by atomic mass is 15.3. The lowest BCUT2D eigenvalue weighted by Gasteiger charge is -2.35. The van der Waals surface area contributed by atoms with Gasteiger partial charge in [-0.3, -0.25) is 9.88 Å². The number of aryl methyl sites for hydroxylation is 1. The minimum atomic E-state index is 0.852. The summed E-state index contributed by atoms with van der Waals surface area (Å²) >= 11 is 0. The summed E-state index contributed by atoms with van der Waals surface area (Å²) in [5, 5.41) is 0. The lowest BCUT2D eigenvalue weighted by Crippen LogP contribution is -2.47. The topological polar surface area (TPSA) is 48.4 Å². The highest BCUT2D eigenvalue weighted by Crippen LogP contribution is 2.17. The molecule has 1 aliphatic rings. The maximum Gasteiger partial charge on any atom is 0.227 e. The van der Waals surface area contributed by atoms with E-state index in [1.165, 1.54) is 5.56 Å². The van der Waals surface area contributed by atoms with Crippen LogP contribution in [0.1, 0.15) is 11.3 Å². The van der Waals surface area contributed by atoms with E-state index in [2.05, 4.69) is 30.8 Å². The fourth-order valence-corrected chi connectivity index (χ4v) is 2.91. The van der Waals surface area contributed by atoms with Crippen molar-refractivity contribution in [3.05, 3.63) is 41.9 Å². The van der Waals surface area contributed by atoms with Crippen LogP contribution in [0.25, 0.3) is 0 Å². The largest absolute Gasteiger partial charge is 0.363 e. The third kappa shape index (κ3) is 4.20. The molecule has 0 radical (unpaired) electrons. The van der Waals surface area contributed by atoms with Gasteiger partial charge in [-0.2, -0.15) is 4.98 Å². The van der Waals surface area contributed by atoms with Gasteiger partial charge in [0.15, 0.2) is 0 Å². The van der Waals surface area contributed by atoms with Crippen LogP contribution in [-0.2, 0) is 6.42 Å². The molecule has 6 heteroatoms. The average Bonchev–Trinajstić information content (AvgIpc) is 2.61. The molecule has 1 saturated heterocycles. The second-order valence-corrected chi connectivity index (χ2v) is 6.50. The van der Waals surface area contributed by atoms with Crippen LogP contribution in [0.2, 0.25) is 0 Å². The Balaban J connectivity index is 1.55. The monoisotopic (exact) mass is 326 g/mol. The molecule has 1 fully saturated rings. The summed E-state index contributed by atoms with van der Waals surface area (Å²) in [6.45, 7) is 7.16. The minimum Gasteiger partial charge on any atom is -0.363 e. The Morgan fingerprint density at radius 1 is 1.12 bits per heavy atom. The van der Waals surface area contributed by atoms with Crippen molar-refractivity contribution in [2.75, 3.05) is 56.6 Å². The van der Waals surface area contributed by atoms with E-state index in [-0.39, 0.29) is 0 Å². The van der Waals surface area contributed by atoms with Gasteiger partial charge in [0.1, 0.15) is 5.82 Å². The summed E-state index contributed by atoms with van der Waals surface area (Å²) in [7, 11) is 4.03. The van der Waals surface area contributed by atoms with Gasteiger partial charge in [-0.1, -0.05) is 6.07 Å². The molecule has 2 aromatic heterocycles. The number of hydrogen-bond donors (Lipinski definition) is 0. The molecule has 0 unspecified atom stereocenters. The van der Waals surface area contributed by atoms with Gasteiger partial charge in [0.25, 0.3) is 0 Å². The highest BCUT2D eigenvalue weighted by Gasteiger charge is 2.19. The molecule has 3 rings (SSSR count). The lowest BCUT2D eigenvalue weighted by atomic mass is 10.2.